The van der Waals surface area contributed by atoms with E-state index >= 15 is 0 Å². The Balaban J connectivity index is 1.11. The van der Waals surface area contributed by atoms with E-state index in [2.05, 4.69) is 202 Å². The zero-order valence-corrected chi connectivity index (χ0v) is 27.7. The molecule has 0 amide bonds. The van der Waals surface area contributed by atoms with Crippen LogP contribution in [0.25, 0.3) is 93.6 Å². The van der Waals surface area contributed by atoms with Crippen molar-refractivity contribution in [1.82, 2.24) is 13.7 Å². The van der Waals surface area contributed by atoms with Crippen LogP contribution in [-0.2, 0) is 0 Å². The van der Waals surface area contributed by atoms with E-state index in [1.54, 1.807) is 0 Å². The zero-order valence-electron chi connectivity index (χ0n) is 27.7. The van der Waals surface area contributed by atoms with E-state index < -0.39 is 0 Å². The second kappa shape index (κ2) is 10.8. The summed E-state index contributed by atoms with van der Waals surface area (Å²) in [6.45, 7) is 0. The first-order chi connectivity index (χ1) is 25.3. The molecule has 238 valence electrons. The lowest BCUT2D eigenvalue weighted by molar-refractivity contribution is 1.14. The molecule has 3 heterocycles. The molecule has 0 aliphatic heterocycles. The monoisotopic (exact) mass is 649 g/mol. The maximum Gasteiger partial charge on any atom is 0.0547 e. The van der Waals surface area contributed by atoms with Gasteiger partial charge in [-0.25, -0.2) is 0 Å². The van der Waals surface area contributed by atoms with Crippen molar-refractivity contribution in [3.8, 4) is 28.2 Å². The highest BCUT2D eigenvalue weighted by molar-refractivity contribution is 6.17. The molecule has 0 saturated carbocycles. The molecule has 11 aromatic rings. The summed E-state index contributed by atoms with van der Waals surface area (Å²) in [5.41, 5.74) is 13.2. The molecule has 0 N–H and O–H groups in total. The first-order valence-electron chi connectivity index (χ1n) is 17.5. The zero-order chi connectivity index (χ0) is 33.5. The molecule has 0 radical (unpaired) electrons. The fraction of sp³-hybridized carbons (Fsp3) is 0. The number of nitrogens with zero attached hydrogens (tertiary/aromatic N) is 3. The minimum Gasteiger partial charge on any atom is -0.309 e. The van der Waals surface area contributed by atoms with Crippen LogP contribution in [0.1, 0.15) is 0 Å². The third-order valence-electron chi connectivity index (χ3n) is 10.6. The molecular weight excluding hydrogens is 619 g/mol. The smallest absolute Gasteiger partial charge is 0.0547 e. The molecule has 0 saturated heterocycles. The fourth-order valence-corrected chi connectivity index (χ4v) is 8.48. The van der Waals surface area contributed by atoms with Crippen LogP contribution < -0.4 is 0 Å². The topological polar surface area (TPSA) is 14.8 Å². The summed E-state index contributed by atoms with van der Waals surface area (Å²) in [5.74, 6) is 0. The van der Waals surface area contributed by atoms with Crippen molar-refractivity contribution in [3.05, 3.63) is 188 Å². The predicted molar refractivity (Wildman–Crippen MR) is 215 cm³/mol. The lowest BCUT2D eigenvalue weighted by atomic mass is 9.98. The van der Waals surface area contributed by atoms with Gasteiger partial charge in [0.05, 0.1) is 33.1 Å². The Bertz CT molecular complexity index is 3070. The summed E-state index contributed by atoms with van der Waals surface area (Å²) < 4.78 is 7.20. The molecule has 51 heavy (non-hydrogen) atoms. The molecule has 3 nitrogen and oxygen atoms in total. The van der Waals surface area contributed by atoms with E-state index in [1.807, 2.05) is 0 Å². The van der Waals surface area contributed by atoms with Gasteiger partial charge in [-0.2, -0.15) is 0 Å². The van der Waals surface area contributed by atoms with Crippen molar-refractivity contribution in [1.29, 1.82) is 0 Å². The molecular formula is C48H31N3. The van der Waals surface area contributed by atoms with Gasteiger partial charge in [-0.15, -0.1) is 0 Å². The Morgan fingerprint density at radius 1 is 0.255 bits per heavy atom. The van der Waals surface area contributed by atoms with Crippen LogP contribution in [0.4, 0.5) is 0 Å². The van der Waals surface area contributed by atoms with E-state index in [0.29, 0.717) is 0 Å². The normalized spacial score (nSPS) is 11.9. The number of aromatic nitrogens is 3. The second-order valence-corrected chi connectivity index (χ2v) is 13.4. The summed E-state index contributed by atoms with van der Waals surface area (Å²) in [6.07, 6.45) is 0. The molecule has 0 unspecified atom stereocenters. The van der Waals surface area contributed by atoms with E-state index in [4.69, 9.17) is 0 Å². The van der Waals surface area contributed by atoms with Crippen molar-refractivity contribution in [3.63, 3.8) is 0 Å². The molecule has 0 aliphatic rings. The standard InChI is InChI=1S/C48H31N3/c1-2-13-33(14-3-1)51-44-22-10-6-17-39(44)40-30-25-32(31-47(40)51)36-19-12-24-46-48(36)41-18-7-11-23-45(41)50(46)35-28-26-34(27-29-35)49-42-20-8-4-15-37(42)38-16-5-9-21-43(38)49/h1-31H. The van der Waals surface area contributed by atoms with Crippen molar-refractivity contribution in [2.24, 2.45) is 0 Å². The summed E-state index contributed by atoms with van der Waals surface area (Å²) in [5, 5.41) is 7.58. The Hall–Kier alpha value is -6.84. The first-order valence-corrected chi connectivity index (χ1v) is 17.5. The van der Waals surface area contributed by atoms with Gasteiger partial charge in [-0.1, -0.05) is 115 Å². The Morgan fingerprint density at radius 3 is 1.25 bits per heavy atom. The van der Waals surface area contributed by atoms with Crippen molar-refractivity contribution >= 4 is 65.4 Å². The number of rotatable bonds is 4. The molecule has 3 heteroatoms. The first kappa shape index (κ1) is 28.0. The van der Waals surface area contributed by atoms with E-state index in [0.717, 1.165) is 11.4 Å². The minimum atomic E-state index is 1.14. The third kappa shape index (κ3) is 4.06. The van der Waals surface area contributed by atoms with E-state index in [9.17, 15) is 0 Å². The van der Waals surface area contributed by atoms with Gasteiger partial charge >= 0.3 is 0 Å². The number of hydrogen-bond donors (Lipinski definition) is 0. The van der Waals surface area contributed by atoms with Crippen LogP contribution in [-0.4, -0.2) is 13.7 Å². The van der Waals surface area contributed by atoms with Crippen molar-refractivity contribution in [2.75, 3.05) is 0 Å². The van der Waals surface area contributed by atoms with Crippen LogP contribution in [0.3, 0.4) is 0 Å². The van der Waals surface area contributed by atoms with Crippen molar-refractivity contribution < 1.29 is 0 Å². The van der Waals surface area contributed by atoms with Gasteiger partial charge < -0.3 is 13.7 Å². The average molecular weight is 650 g/mol. The number of benzene rings is 8. The Labute approximate surface area is 294 Å². The van der Waals surface area contributed by atoms with Gasteiger partial charge in [0.15, 0.2) is 0 Å². The highest BCUT2D eigenvalue weighted by atomic mass is 15.0. The van der Waals surface area contributed by atoms with Gasteiger partial charge in [0, 0.05) is 49.4 Å². The third-order valence-corrected chi connectivity index (χ3v) is 10.6. The summed E-state index contributed by atoms with van der Waals surface area (Å²) in [4.78, 5) is 0. The quantitative estimate of drug-likeness (QED) is 0.180. The molecule has 0 atom stereocenters. The number of para-hydroxylation sites is 5. The summed E-state index contributed by atoms with van der Waals surface area (Å²) in [7, 11) is 0. The van der Waals surface area contributed by atoms with Crippen LogP contribution >= 0.6 is 0 Å². The SMILES string of the molecule is c1ccc(-n2c3ccccc3c3ccc(-c4cccc5c4c4ccccc4n5-c4ccc(-n5c6ccccc6c6ccccc65)cc4)cc32)cc1. The molecule has 0 fully saturated rings. The van der Waals surface area contributed by atoms with Crippen LogP contribution in [0, 0.1) is 0 Å². The summed E-state index contributed by atoms with van der Waals surface area (Å²) in [6, 6.07) is 68.4. The molecule has 0 spiro atoms. The highest BCUT2D eigenvalue weighted by Crippen LogP contribution is 2.41. The predicted octanol–water partition coefficient (Wildman–Crippen LogP) is 12.6. The largest absolute Gasteiger partial charge is 0.309 e. The average Bonchev–Trinajstić information content (AvgIpc) is 3.84. The van der Waals surface area contributed by atoms with Gasteiger partial charge in [0.2, 0.25) is 0 Å². The minimum absolute atomic E-state index is 1.14. The fourth-order valence-electron chi connectivity index (χ4n) is 8.48. The maximum atomic E-state index is 2.42. The van der Waals surface area contributed by atoms with Crippen LogP contribution in [0.15, 0.2) is 188 Å². The molecule has 3 aromatic heterocycles. The van der Waals surface area contributed by atoms with Crippen LogP contribution in [0.2, 0.25) is 0 Å². The number of fused-ring (bicyclic) bond motifs is 9. The Morgan fingerprint density at radius 2 is 0.667 bits per heavy atom. The van der Waals surface area contributed by atoms with Gasteiger partial charge in [-0.3, -0.25) is 0 Å². The number of hydrogen-bond acceptors (Lipinski definition) is 0. The Kier molecular flexibility index (Phi) is 5.96. The van der Waals surface area contributed by atoms with E-state index in [-0.39, 0.29) is 0 Å². The lowest BCUT2D eigenvalue weighted by Gasteiger charge is -2.12. The molecule has 0 bridgehead atoms. The van der Waals surface area contributed by atoms with E-state index in [1.165, 1.54) is 82.2 Å². The molecule has 11 rings (SSSR count). The summed E-state index contributed by atoms with van der Waals surface area (Å²) >= 11 is 0. The second-order valence-electron chi connectivity index (χ2n) is 13.4. The van der Waals surface area contributed by atoms with Crippen LogP contribution in [0.5, 0.6) is 0 Å². The van der Waals surface area contributed by atoms with Gasteiger partial charge in [-0.05, 0) is 83.9 Å². The highest BCUT2D eigenvalue weighted by Gasteiger charge is 2.19. The molecule has 8 aromatic carbocycles. The molecule has 0 aliphatic carbocycles. The maximum absolute atomic E-state index is 2.42. The lowest BCUT2D eigenvalue weighted by Crippen LogP contribution is -1.97. The van der Waals surface area contributed by atoms with Gasteiger partial charge in [0.1, 0.15) is 0 Å². The van der Waals surface area contributed by atoms with Crippen molar-refractivity contribution in [2.45, 2.75) is 0 Å². The van der Waals surface area contributed by atoms with Gasteiger partial charge in [0.25, 0.3) is 0 Å².